The molecule has 2 rings (SSSR count). The third-order valence-electron chi connectivity index (χ3n) is 3.21. The molecule has 0 bridgehead atoms. The Morgan fingerprint density at radius 1 is 0.955 bits per heavy atom. The van der Waals surface area contributed by atoms with Gasteiger partial charge in [-0.15, -0.1) is 0 Å². The molecule has 0 saturated carbocycles. The van der Waals surface area contributed by atoms with Gasteiger partial charge in [-0.3, -0.25) is 0 Å². The summed E-state index contributed by atoms with van der Waals surface area (Å²) in [6.07, 6.45) is 0. The van der Waals surface area contributed by atoms with Crippen molar-refractivity contribution in [1.29, 1.82) is 0 Å². The van der Waals surface area contributed by atoms with E-state index in [0.717, 1.165) is 16.8 Å². The van der Waals surface area contributed by atoms with Crippen LogP contribution >= 0.6 is 0 Å². The highest BCUT2D eigenvalue weighted by atomic mass is 16.5. The van der Waals surface area contributed by atoms with Gasteiger partial charge in [0.05, 0.1) is 18.4 Å². The molecule has 0 spiro atoms. The fourth-order valence-corrected chi connectivity index (χ4v) is 2.11. The molecule has 0 saturated heterocycles. The number of carbonyl (C=O) groups excluding carboxylic acids is 2. The summed E-state index contributed by atoms with van der Waals surface area (Å²) in [6.45, 7) is 3.91. The van der Waals surface area contributed by atoms with E-state index in [1.807, 2.05) is 32.0 Å². The first-order valence-electron chi connectivity index (χ1n) is 6.84. The Labute approximate surface area is 129 Å². The van der Waals surface area contributed by atoms with Crippen molar-refractivity contribution >= 4 is 23.4 Å². The highest BCUT2D eigenvalue weighted by molar-refractivity contribution is 6.05. The Balaban J connectivity index is 2.14. The van der Waals surface area contributed by atoms with Crippen LogP contribution in [0, 0.1) is 13.8 Å². The number of rotatable bonds is 3. The van der Waals surface area contributed by atoms with Crippen molar-refractivity contribution in [2.75, 3.05) is 17.7 Å². The lowest BCUT2D eigenvalue weighted by atomic mass is 10.1. The van der Waals surface area contributed by atoms with Crippen LogP contribution in [0.25, 0.3) is 0 Å². The van der Waals surface area contributed by atoms with Gasteiger partial charge in [0, 0.05) is 5.69 Å². The maximum absolute atomic E-state index is 12.1. The third kappa shape index (κ3) is 3.63. The third-order valence-corrected chi connectivity index (χ3v) is 3.21. The van der Waals surface area contributed by atoms with Crippen molar-refractivity contribution in [2.24, 2.45) is 0 Å². The summed E-state index contributed by atoms with van der Waals surface area (Å²) in [5.41, 5.74) is 3.52. The maximum Gasteiger partial charge on any atom is 0.339 e. The molecule has 0 radical (unpaired) electrons. The molecule has 2 N–H and O–H groups in total. The number of aryl methyl sites for hydroxylation is 2. The highest BCUT2D eigenvalue weighted by Gasteiger charge is 2.13. The van der Waals surface area contributed by atoms with Crippen LogP contribution in [0.2, 0.25) is 0 Å². The first-order valence-corrected chi connectivity index (χ1v) is 6.84. The lowest BCUT2D eigenvalue weighted by molar-refractivity contribution is 0.0602. The normalized spacial score (nSPS) is 9.95. The number of anilines is 2. The first kappa shape index (κ1) is 15.6. The molecule has 2 aromatic rings. The molecular formula is C17H18N2O3. The molecule has 5 nitrogen and oxygen atoms in total. The largest absolute Gasteiger partial charge is 0.465 e. The Bertz CT molecular complexity index is 711. The summed E-state index contributed by atoms with van der Waals surface area (Å²) in [6, 6.07) is 12.0. The van der Waals surface area contributed by atoms with E-state index in [0.29, 0.717) is 11.3 Å². The summed E-state index contributed by atoms with van der Waals surface area (Å²) in [7, 11) is 1.30. The van der Waals surface area contributed by atoms with Gasteiger partial charge < -0.3 is 15.4 Å². The molecule has 0 aliphatic rings. The van der Waals surface area contributed by atoms with Gasteiger partial charge in [0.25, 0.3) is 0 Å². The van der Waals surface area contributed by atoms with E-state index in [-0.39, 0.29) is 0 Å². The molecule has 0 unspecified atom stereocenters. The van der Waals surface area contributed by atoms with Gasteiger partial charge in [-0.2, -0.15) is 0 Å². The first-order chi connectivity index (χ1) is 10.5. The Hall–Kier alpha value is -2.82. The highest BCUT2D eigenvalue weighted by Crippen LogP contribution is 2.19. The maximum atomic E-state index is 12.1. The minimum absolute atomic E-state index is 0.306. The second-order valence-corrected chi connectivity index (χ2v) is 4.93. The molecule has 22 heavy (non-hydrogen) atoms. The molecule has 0 heterocycles. The number of esters is 1. The number of methoxy groups -OCH3 is 1. The van der Waals surface area contributed by atoms with Crippen LogP contribution in [0.15, 0.2) is 42.5 Å². The van der Waals surface area contributed by atoms with E-state index in [4.69, 9.17) is 4.74 Å². The zero-order chi connectivity index (χ0) is 16.1. The fraction of sp³-hybridized carbons (Fsp3) is 0.176. The van der Waals surface area contributed by atoms with E-state index in [9.17, 15) is 9.59 Å². The molecular weight excluding hydrogens is 280 g/mol. The second-order valence-electron chi connectivity index (χ2n) is 4.93. The standard InChI is InChI=1S/C17H18N2O3/c1-11-8-9-14(12(2)10-11)18-17(21)19-15-7-5-4-6-13(15)16(20)22-3/h4-10H,1-3H3,(H2,18,19,21). The quantitative estimate of drug-likeness (QED) is 0.848. The van der Waals surface area contributed by atoms with Crippen LogP contribution in [0.4, 0.5) is 16.2 Å². The number of hydrogen-bond acceptors (Lipinski definition) is 3. The zero-order valence-corrected chi connectivity index (χ0v) is 12.8. The van der Waals surface area contributed by atoms with Gasteiger partial charge in [0.1, 0.15) is 0 Å². The molecule has 0 aromatic heterocycles. The molecule has 2 amide bonds. The minimum Gasteiger partial charge on any atom is -0.465 e. The monoisotopic (exact) mass is 298 g/mol. The fourth-order valence-electron chi connectivity index (χ4n) is 2.11. The number of urea groups is 1. The van der Waals surface area contributed by atoms with Crippen molar-refractivity contribution in [3.63, 3.8) is 0 Å². The van der Waals surface area contributed by atoms with Crippen LogP contribution in [-0.4, -0.2) is 19.1 Å². The van der Waals surface area contributed by atoms with Gasteiger partial charge in [-0.1, -0.05) is 29.8 Å². The van der Waals surface area contributed by atoms with Crippen molar-refractivity contribution in [3.05, 3.63) is 59.2 Å². The second kappa shape index (κ2) is 6.76. The topological polar surface area (TPSA) is 67.4 Å². The number of hydrogen-bond donors (Lipinski definition) is 2. The Morgan fingerprint density at radius 2 is 1.64 bits per heavy atom. The molecule has 0 atom stereocenters. The number of carbonyl (C=O) groups is 2. The van der Waals surface area contributed by atoms with Crippen molar-refractivity contribution < 1.29 is 14.3 Å². The number of benzene rings is 2. The van der Waals surface area contributed by atoms with Crippen LogP contribution < -0.4 is 10.6 Å². The lowest BCUT2D eigenvalue weighted by Crippen LogP contribution is -2.21. The number of ether oxygens (including phenoxy) is 1. The van der Waals surface area contributed by atoms with Gasteiger partial charge >= 0.3 is 12.0 Å². The van der Waals surface area contributed by atoms with Crippen LogP contribution in [-0.2, 0) is 4.74 Å². The average Bonchev–Trinajstić information content (AvgIpc) is 2.50. The van der Waals surface area contributed by atoms with Crippen LogP contribution in [0.5, 0.6) is 0 Å². The van der Waals surface area contributed by atoms with Gasteiger partial charge in [0.15, 0.2) is 0 Å². The van der Waals surface area contributed by atoms with E-state index in [2.05, 4.69) is 10.6 Å². The van der Waals surface area contributed by atoms with E-state index in [1.165, 1.54) is 7.11 Å². The number of nitrogens with one attached hydrogen (secondary N) is 2. The van der Waals surface area contributed by atoms with Gasteiger partial charge in [0.2, 0.25) is 0 Å². The van der Waals surface area contributed by atoms with Crippen molar-refractivity contribution in [2.45, 2.75) is 13.8 Å². The van der Waals surface area contributed by atoms with Gasteiger partial charge in [-0.25, -0.2) is 9.59 Å². The van der Waals surface area contributed by atoms with E-state index in [1.54, 1.807) is 24.3 Å². The minimum atomic E-state index is -0.498. The van der Waals surface area contributed by atoms with E-state index >= 15 is 0 Å². The average molecular weight is 298 g/mol. The van der Waals surface area contributed by atoms with E-state index < -0.39 is 12.0 Å². The molecule has 0 fully saturated rings. The SMILES string of the molecule is COC(=O)c1ccccc1NC(=O)Nc1ccc(C)cc1C. The molecule has 0 aliphatic carbocycles. The lowest BCUT2D eigenvalue weighted by Gasteiger charge is -2.12. The molecule has 114 valence electrons. The summed E-state index contributed by atoms with van der Waals surface area (Å²) >= 11 is 0. The molecule has 5 heteroatoms. The Morgan fingerprint density at radius 3 is 2.32 bits per heavy atom. The Kier molecular flexibility index (Phi) is 4.78. The zero-order valence-electron chi connectivity index (χ0n) is 12.8. The number of amides is 2. The summed E-state index contributed by atoms with van der Waals surface area (Å²) in [5.74, 6) is -0.498. The number of para-hydroxylation sites is 1. The predicted octanol–water partition coefficient (Wildman–Crippen LogP) is 3.73. The van der Waals surface area contributed by atoms with Crippen LogP contribution in [0.1, 0.15) is 21.5 Å². The molecule has 0 aliphatic heterocycles. The molecule has 2 aromatic carbocycles. The summed E-state index contributed by atoms with van der Waals surface area (Å²) in [5, 5.41) is 5.43. The van der Waals surface area contributed by atoms with Gasteiger partial charge in [-0.05, 0) is 37.6 Å². The smallest absolute Gasteiger partial charge is 0.339 e. The summed E-state index contributed by atoms with van der Waals surface area (Å²) < 4.78 is 4.70. The van der Waals surface area contributed by atoms with Crippen LogP contribution in [0.3, 0.4) is 0 Å². The van der Waals surface area contributed by atoms with Crippen molar-refractivity contribution in [1.82, 2.24) is 0 Å². The predicted molar refractivity (Wildman–Crippen MR) is 86.3 cm³/mol. The van der Waals surface area contributed by atoms with Crippen molar-refractivity contribution in [3.8, 4) is 0 Å². The summed E-state index contributed by atoms with van der Waals surface area (Å²) in [4.78, 5) is 23.8.